The average molecular weight is 307 g/mol. The summed E-state index contributed by atoms with van der Waals surface area (Å²) in [5.74, 6) is -0.137. The van der Waals surface area contributed by atoms with Crippen LogP contribution in [0.2, 0.25) is 0 Å². The third-order valence-corrected chi connectivity index (χ3v) is 3.84. The Kier molecular flexibility index (Phi) is 5.39. The zero-order valence-corrected chi connectivity index (χ0v) is 12.8. The number of hydrogen-bond donors (Lipinski definition) is 1. The summed E-state index contributed by atoms with van der Waals surface area (Å²) in [5.41, 5.74) is 3.40. The average Bonchev–Trinajstić information content (AvgIpc) is 2.62. The molecule has 1 N–H and O–H groups in total. The van der Waals surface area contributed by atoms with Gasteiger partial charge in [0, 0.05) is 31.5 Å². The highest BCUT2D eigenvalue weighted by atomic mass is 35.5. The molecule has 0 saturated carbocycles. The van der Waals surface area contributed by atoms with E-state index in [1.807, 2.05) is 37.3 Å². The van der Waals surface area contributed by atoms with Crippen LogP contribution in [0.1, 0.15) is 18.9 Å². The molecule has 1 atom stereocenters. The maximum atomic E-state index is 12.6. The van der Waals surface area contributed by atoms with E-state index < -0.39 is 6.04 Å². The van der Waals surface area contributed by atoms with Crippen molar-refractivity contribution in [3.8, 4) is 0 Å². The molecule has 1 aliphatic rings. The van der Waals surface area contributed by atoms with Crippen molar-refractivity contribution in [2.45, 2.75) is 25.8 Å². The third-order valence-electron chi connectivity index (χ3n) is 3.46. The van der Waals surface area contributed by atoms with E-state index in [1.54, 1.807) is 4.90 Å². The van der Waals surface area contributed by atoms with Crippen LogP contribution in [-0.2, 0) is 16.0 Å². The Labute approximate surface area is 129 Å². The van der Waals surface area contributed by atoms with Gasteiger partial charge in [0.05, 0.1) is 0 Å². The minimum absolute atomic E-state index is 0.0532. The first kappa shape index (κ1) is 15.6. The van der Waals surface area contributed by atoms with Gasteiger partial charge in [-0.15, -0.1) is 0 Å². The van der Waals surface area contributed by atoms with E-state index in [2.05, 4.69) is 5.32 Å². The summed E-state index contributed by atoms with van der Waals surface area (Å²) >= 11 is 5.67. The van der Waals surface area contributed by atoms with Crippen LogP contribution >= 0.6 is 11.6 Å². The van der Waals surface area contributed by atoms with Gasteiger partial charge < -0.3 is 10.2 Å². The number of nitrogens with zero attached hydrogens (tertiary/aromatic N) is 1. The summed E-state index contributed by atoms with van der Waals surface area (Å²) in [6.07, 6.45) is 0.831. The summed E-state index contributed by atoms with van der Waals surface area (Å²) in [4.78, 5) is 26.1. The van der Waals surface area contributed by atoms with Crippen molar-refractivity contribution in [2.75, 3.05) is 13.1 Å². The van der Waals surface area contributed by atoms with Crippen LogP contribution in [0.15, 0.2) is 41.4 Å². The number of carbonyl (C=O) groups is 2. The molecule has 1 aliphatic heterocycles. The highest BCUT2D eigenvalue weighted by molar-refractivity contribution is 6.25. The van der Waals surface area contributed by atoms with Crippen LogP contribution in [0.4, 0.5) is 0 Å². The highest BCUT2D eigenvalue weighted by Gasteiger charge is 2.29. The number of benzene rings is 1. The van der Waals surface area contributed by atoms with Crippen LogP contribution in [0.3, 0.4) is 0 Å². The standard InChI is InChI=1S/C16H19ClN2O2/c1-12(10-17)11-19-8-7-15(20)18-14(16(19)21)9-13-5-3-2-4-6-13/h2-6,10,14H,7-9,11H2,1H3,(H,18,20)/b12-10-. The smallest absolute Gasteiger partial charge is 0.245 e. The summed E-state index contributed by atoms with van der Waals surface area (Å²) in [6.45, 7) is 2.76. The quantitative estimate of drug-likeness (QED) is 0.926. The topological polar surface area (TPSA) is 49.4 Å². The maximum absolute atomic E-state index is 12.6. The second-order valence-electron chi connectivity index (χ2n) is 5.28. The molecule has 1 heterocycles. The lowest BCUT2D eigenvalue weighted by atomic mass is 10.0. The Bertz CT molecular complexity index is 542. The molecule has 1 saturated heterocycles. The molecule has 0 spiro atoms. The van der Waals surface area contributed by atoms with Crippen molar-refractivity contribution in [3.63, 3.8) is 0 Å². The van der Waals surface area contributed by atoms with E-state index in [0.717, 1.165) is 11.1 Å². The number of carbonyl (C=O) groups excluding carboxylic acids is 2. The molecular weight excluding hydrogens is 288 g/mol. The molecule has 112 valence electrons. The molecule has 0 radical (unpaired) electrons. The predicted molar refractivity (Wildman–Crippen MR) is 82.9 cm³/mol. The maximum Gasteiger partial charge on any atom is 0.245 e. The highest BCUT2D eigenvalue weighted by Crippen LogP contribution is 2.12. The third kappa shape index (κ3) is 4.33. The van der Waals surface area contributed by atoms with E-state index in [9.17, 15) is 9.59 Å². The molecule has 0 aliphatic carbocycles. The fourth-order valence-electron chi connectivity index (χ4n) is 2.38. The second kappa shape index (κ2) is 7.27. The normalized spacial score (nSPS) is 20.2. The van der Waals surface area contributed by atoms with Crippen LogP contribution in [0.25, 0.3) is 0 Å². The number of hydrogen-bond acceptors (Lipinski definition) is 2. The van der Waals surface area contributed by atoms with Crippen LogP contribution in [0.5, 0.6) is 0 Å². The van der Waals surface area contributed by atoms with Gasteiger partial charge in [-0.2, -0.15) is 0 Å². The lowest BCUT2D eigenvalue weighted by Crippen LogP contribution is -2.46. The molecule has 0 aromatic heterocycles. The molecule has 2 rings (SSSR count). The first-order valence-electron chi connectivity index (χ1n) is 6.98. The second-order valence-corrected chi connectivity index (χ2v) is 5.49. The SMILES string of the molecule is C/C(=C/Cl)CN1CCC(=O)NC(Cc2ccccc2)C1=O. The molecule has 1 unspecified atom stereocenters. The first-order valence-corrected chi connectivity index (χ1v) is 7.41. The van der Waals surface area contributed by atoms with Gasteiger partial charge in [-0.3, -0.25) is 9.59 Å². The number of nitrogens with one attached hydrogen (secondary N) is 1. The molecule has 2 amide bonds. The van der Waals surface area contributed by atoms with Gasteiger partial charge in [0.25, 0.3) is 0 Å². The lowest BCUT2D eigenvalue weighted by molar-refractivity contribution is -0.133. The van der Waals surface area contributed by atoms with Crippen LogP contribution in [-0.4, -0.2) is 35.8 Å². The van der Waals surface area contributed by atoms with Crippen molar-refractivity contribution in [3.05, 3.63) is 47.0 Å². The van der Waals surface area contributed by atoms with Crippen molar-refractivity contribution in [1.29, 1.82) is 0 Å². The van der Waals surface area contributed by atoms with E-state index in [-0.39, 0.29) is 11.8 Å². The monoisotopic (exact) mass is 306 g/mol. The number of amides is 2. The predicted octanol–water partition coefficient (Wildman–Crippen LogP) is 2.09. The van der Waals surface area contributed by atoms with E-state index in [1.165, 1.54) is 5.54 Å². The molecule has 0 bridgehead atoms. The van der Waals surface area contributed by atoms with E-state index in [0.29, 0.717) is 25.9 Å². The van der Waals surface area contributed by atoms with Crippen molar-refractivity contribution in [1.82, 2.24) is 10.2 Å². The Balaban J connectivity index is 2.14. The minimum atomic E-state index is -0.509. The molecule has 1 aromatic rings. The van der Waals surface area contributed by atoms with Crippen molar-refractivity contribution < 1.29 is 9.59 Å². The van der Waals surface area contributed by atoms with E-state index >= 15 is 0 Å². The van der Waals surface area contributed by atoms with Crippen molar-refractivity contribution >= 4 is 23.4 Å². The number of halogens is 1. The summed E-state index contributed by atoms with van der Waals surface area (Å²) in [7, 11) is 0. The van der Waals surface area contributed by atoms with Gasteiger partial charge in [-0.05, 0) is 18.1 Å². The van der Waals surface area contributed by atoms with E-state index in [4.69, 9.17) is 11.6 Å². The van der Waals surface area contributed by atoms with Gasteiger partial charge in [-0.1, -0.05) is 41.9 Å². The molecule has 21 heavy (non-hydrogen) atoms. The number of rotatable bonds is 4. The first-order chi connectivity index (χ1) is 10.1. The van der Waals surface area contributed by atoms with Gasteiger partial charge in [-0.25, -0.2) is 0 Å². The lowest BCUT2D eigenvalue weighted by Gasteiger charge is -2.24. The largest absolute Gasteiger partial charge is 0.344 e. The van der Waals surface area contributed by atoms with Crippen molar-refractivity contribution in [2.24, 2.45) is 0 Å². The van der Waals surface area contributed by atoms with Gasteiger partial charge in [0.1, 0.15) is 6.04 Å². The van der Waals surface area contributed by atoms with Crippen LogP contribution in [0, 0.1) is 0 Å². The molecule has 5 heteroatoms. The fourth-order valence-corrected chi connectivity index (χ4v) is 2.44. The summed E-state index contributed by atoms with van der Waals surface area (Å²) < 4.78 is 0. The van der Waals surface area contributed by atoms with Gasteiger partial charge in [0.2, 0.25) is 11.8 Å². The Hall–Kier alpha value is -1.81. The Morgan fingerprint density at radius 2 is 2.10 bits per heavy atom. The summed E-state index contributed by atoms with van der Waals surface area (Å²) in [5, 5.41) is 2.82. The molecular formula is C16H19ClN2O2. The molecule has 1 aromatic carbocycles. The van der Waals surface area contributed by atoms with Gasteiger partial charge >= 0.3 is 0 Å². The Morgan fingerprint density at radius 3 is 2.76 bits per heavy atom. The van der Waals surface area contributed by atoms with Crippen LogP contribution < -0.4 is 5.32 Å². The zero-order chi connectivity index (χ0) is 15.2. The molecule has 1 fully saturated rings. The zero-order valence-electron chi connectivity index (χ0n) is 12.0. The molecule has 4 nitrogen and oxygen atoms in total. The van der Waals surface area contributed by atoms with Gasteiger partial charge in [0.15, 0.2) is 0 Å². The Morgan fingerprint density at radius 1 is 1.38 bits per heavy atom. The minimum Gasteiger partial charge on any atom is -0.344 e. The fraction of sp³-hybridized carbons (Fsp3) is 0.375. The summed E-state index contributed by atoms with van der Waals surface area (Å²) in [6, 6.07) is 9.19.